The lowest BCUT2D eigenvalue weighted by atomic mass is 10.0. The van der Waals surface area contributed by atoms with E-state index in [2.05, 4.69) is 0 Å². The highest BCUT2D eigenvalue weighted by atomic mass is 31.2. The third kappa shape index (κ3) is 4.78. The molecule has 1 N–H and O–H groups in total. The molecule has 0 aromatic heterocycles. The first-order valence-electron chi connectivity index (χ1n) is 7.78. The predicted octanol–water partition coefficient (Wildman–Crippen LogP) is 4.82. The molecule has 128 valence electrons. The molecular formula is C18H21O5P. The fourth-order valence-electron chi connectivity index (χ4n) is 2.35. The third-order valence-electron chi connectivity index (χ3n) is 3.45. The minimum absolute atomic E-state index is 0.229. The average molecular weight is 348 g/mol. The molecule has 0 aliphatic heterocycles. The molecule has 24 heavy (non-hydrogen) atoms. The average Bonchev–Trinajstić information content (AvgIpc) is 2.56. The van der Waals surface area contributed by atoms with Crippen LogP contribution in [-0.2, 0) is 19.8 Å². The molecule has 0 aliphatic carbocycles. The number of rotatable bonds is 8. The van der Waals surface area contributed by atoms with Crippen LogP contribution in [0.25, 0.3) is 11.1 Å². The first-order valence-corrected chi connectivity index (χ1v) is 9.51. The van der Waals surface area contributed by atoms with Gasteiger partial charge in [-0.25, -0.2) is 4.79 Å². The molecule has 0 amide bonds. The largest absolute Gasteiger partial charge is 0.478 e. The molecule has 2 aromatic rings. The van der Waals surface area contributed by atoms with Crippen molar-refractivity contribution in [2.24, 2.45) is 0 Å². The summed E-state index contributed by atoms with van der Waals surface area (Å²) in [6.07, 6.45) is 0.229. The highest BCUT2D eigenvalue weighted by Gasteiger charge is 2.23. The summed E-state index contributed by atoms with van der Waals surface area (Å²) in [4.78, 5) is 10.9. The first kappa shape index (κ1) is 18.4. The number of hydrogen-bond donors (Lipinski definition) is 1. The van der Waals surface area contributed by atoms with Crippen LogP contribution in [0.5, 0.6) is 0 Å². The zero-order chi connectivity index (χ0) is 17.6. The summed E-state index contributed by atoms with van der Waals surface area (Å²) in [5.41, 5.74) is 3.00. The lowest BCUT2D eigenvalue weighted by molar-refractivity contribution is 0.0697. The summed E-state index contributed by atoms with van der Waals surface area (Å²) < 4.78 is 23.1. The summed E-state index contributed by atoms with van der Waals surface area (Å²) >= 11 is 0. The van der Waals surface area contributed by atoms with Crippen LogP contribution in [0, 0.1) is 0 Å². The van der Waals surface area contributed by atoms with Gasteiger partial charge in [0.05, 0.1) is 24.9 Å². The Morgan fingerprint density at radius 2 is 1.38 bits per heavy atom. The summed E-state index contributed by atoms with van der Waals surface area (Å²) in [5, 5.41) is 8.93. The van der Waals surface area contributed by atoms with Gasteiger partial charge in [0.1, 0.15) is 0 Å². The van der Waals surface area contributed by atoms with Crippen molar-refractivity contribution in [1.29, 1.82) is 0 Å². The number of carbonyl (C=O) groups is 1. The van der Waals surface area contributed by atoms with E-state index in [1.165, 1.54) is 0 Å². The van der Waals surface area contributed by atoms with Gasteiger partial charge < -0.3 is 14.2 Å². The fraction of sp³-hybridized carbons (Fsp3) is 0.278. The minimum Gasteiger partial charge on any atom is -0.478 e. The Balaban J connectivity index is 2.15. The van der Waals surface area contributed by atoms with Gasteiger partial charge in [-0.2, -0.15) is 0 Å². The number of carboxylic acids is 1. The molecule has 0 bridgehead atoms. The number of aromatic carboxylic acids is 1. The van der Waals surface area contributed by atoms with E-state index in [0.29, 0.717) is 13.2 Å². The minimum atomic E-state index is -3.11. The van der Waals surface area contributed by atoms with Gasteiger partial charge in [-0.05, 0) is 42.7 Å². The van der Waals surface area contributed by atoms with Gasteiger partial charge in [-0.15, -0.1) is 0 Å². The molecule has 2 aromatic carbocycles. The Morgan fingerprint density at radius 3 is 1.79 bits per heavy atom. The Hall–Kier alpha value is -1.94. The van der Waals surface area contributed by atoms with E-state index < -0.39 is 13.6 Å². The van der Waals surface area contributed by atoms with E-state index in [1.54, 1.807) is 38.1 Å². The molecule has 0 radical (unpaired) electrons. The lowest BCUT2D eigenvalue weighted by Gasteiger charge is -2.17. The molecular weight excluding hydrogens is 327 g/mol. The van der Waals surface area contributed by atoms with E-state index in [4.69, 9.17) is 14.2 Å². The van der Waals surface area contributed by atoms with Crippen LogP contribution < -0.4 is 0 Å². The van der Waals surface area contributed by atoms with Crippen molar-refractivity contribution in [3.63, 3.8) is 0 Å². The normalized spacial score (nSPS) is 11.4. The molecule has 0 saturated heterocycles. The van der Waals surface area contributed by atoms with Gasteiger partial charge in [-0.3, -0.25) is 4.57 Å². The summed E-state index contributed by atoms with van der Waals surface area (Å²) in [6, 6.07) is 14.3. The van der Waals surface area contributed by atoms with E-state index >= 15 is 0 Å². The lowest BCUT2D eigenvalue weighted by Crippen LogP contribution is -1.99. The zero-order valence-electron chi connectivity index (χ0n) is 13.8. The maximum Gasteiger partial charge on any atom is 0.335 e. The van der Waals surface area contributed by atoms with Gasteiger partial charge in [0.15, 0.2) is 0 Å². The van der Waals surface area contributed by atoms with E-state index in [1.807, 2.05) is 24.3 Å². The Bertz CT molecular complexity index is 712. The van der Waals surface area contributed by atoms with Crippen molar-refractivity contribution in [2.75, 3.05) is 13.2 Å². The molecule has 5 nitrogen and oxygen atoms in total. The molecule has 2 rings (SSSR count). The van der Waals surface area contributed by atoms with Gasteiger partial charge in [0, 0.05) is 0 Å². The van der Waals surface area contributed by atoms with Crippen molar-refractivity contribution >= 4 is 13.6 Å². The van der Waals surface area contributed by atoms with Crippen LogP contribution >= 0.6 is 7.60 Å². The molecule has 0 fully saturated rings. The predicted molar refractivity (Wildman–Crippen MR) is 93.4 cm³/mol. The number of benzene rings is 2. The molecule has 0 heterocycles. The quantitative estimate of drug-likeness (QED) is 0.693. The van der Waals surface area contributed by atoms with Crippen LogP contribution in [0.15, 0.2) is 48.5 Å². The van der Waals surface area contributed by atoms with Gasteiger partial charge in [-0.1, -0.05) is 36.4 Å². The summed E-state index contributed by atoms with van der Waals surface area (Å²) in [7, 11) is -3.11. The first-order chi connectivity index (χ1) is 11.5. The van der Waals surface area contributed by atoms with Gasteiger partial charge >= 0.3 is 13.6 Å². The van der Waals surface area contributed by atoms with Crippen LogP contribution in [0.1, 0.15) is 29.8 Å². The SMILES string of the molecule is CCOP(=O)(Cc1ccc(-c2ccc(C(=O)O)cc2)cc1)OCC. The number of carboxylic acid groups (broad SMARTS) is 1. The van der Waals surface area contributed by atoms with Crippen molar-refractivity contribution in [3.8, 4) is 11.1 Å². The second-order valence-electron chi connectivity index (χ2n) is 5.18. The van der Waals surface area contributed by atoms with Crippen molar-refractivity contribution in [3.05, 3.63) is 59.7 Å². The zero-order valence-corrected chi connectivity index (χ0v) is 14.7. The smallest absolute Gasteiger partial charge is 0.335 e. The maximum atomic E-state index is 12.5. The Kier molecular flexibility index (Phi) is 6.32. The van der Waals surface area contributed by atoms with Gasteiger partial charge in [0.2, 0.25) is 0 Å². The molecule has 0 spiro atoms. The standard InChI is InChI=1S/C18H21O5P/c1-3-22-24(21,23-4-2)13-14-5-7-15(8-6-14)16-9-11-17(12-10-16)18(19)20/h5-12H,3-4,13H2,1-2H3,(H,19,20). The summed E-state index contributed by atoms with van der Waals surface area (Å²) in [5.74, 6) is -0.945. The highest BCUT2D eigenvalue weighted by molar-refractivity contribution is 7.53. The van der Waals surface area contributed by atoms with Crippen LogP contribution in [0.4, 0.5) is 0 Å². The van der Waals surface area contributed by atoms with Gasteiger partial charge in [0.25, 0.3) is 0 Å². The maximum absolute atomic E-state index is 12.5. The molecule has 0 atom stereocenters. The molecule has 6 heteroatoms. The second-order valence-corrected chi connectivity index (χ2v) is 7.24. The topological polar surface area (TPSA) is 72.8 Å². The second kappa shape index (κ2) is 8.25. The third-order valence-corrected chi connectivity index (χ3v) is 5.50. The van der Waals surface area contributed by atoms with Crippen LogP contribution in [0.2, 0.25) is 0 Å². The monoisotopic (exact) mass is 348 g/mol. The number of hydrogen-bond acceptors (Lipinski definition) is 4. The van der Waals surface area contributed by atoms with Crippen LogP contribution in [0.3, 0.4) is 0 Å². The Labute approximate surface area is 141 Å². The molecule has 0 unspecified atom stereocenters. The van der Waals surface area contributed by atoms with Crippen molar-refractivity contribution < 1.29 is 23.5 Å². The molecule has 0 aliphatic rings. The van der Waals surface area contributed by atoms with E-state index in [-0.39, 0.29) is 11.7 Å². The Morgan fingerprint density at radius 1 is 0.917 bits per heavy atom. The van der Waals surface area contributed by atoms with Crippen molar-refractivity contribution in [2.45, 2.75) is 20.0 Å². The highest BCUT2D eigenvalue weighted by Crippen LogP contribution is 2.51. The fourth-order valence-corrected chi connectivity index (χ4v) is 4.06. The summed E-state index contributed by atoms with van der Waals surface area (Å²) in [6.45, 7) is 4.25. The van der Waals surface area contributed by atoms with Crippen LogP contribution in [-0.4, -0.2) is 24.3 Å². The van der Waals surface area contributed by atoms with E-state index in [9.17, 15) is 9.36 Å². The molecule has 0 saturated carbocycles. The van der Waals surface area contributed by atoms with Crippen molar-refractivity contribution in [1.82, 2.24) is 0 Å². The van der Waals surface area contributed by atoms with E-state index in [0.717, 1.165) is 16.7 Å².